The monoisotopic (exact) mass is 282 g/mol. The maximum Gasteiger partial charge on any atom is 0.254 e. The second-order valence-electron chi connectivity index (χ2n) is 5.58. The summed E-state index contributed by atoms with van der Waals surface area (Å²) in [5.74, 6) is 0.150. The summed E-state index contributed by atoms with van der Waals surface area (Å²) in [7, 11) is 0. The lowest BCUT2D eigenvalue weighted by Gasteiger charge is -2.24. The molecule has 0 N–H and O–H groups in total. The number of aromatic nitrogens is 1. The highest BCUT2D eigenvalue weighted by molar-refractivity contribution is 6.06. The number of nitrogens with zero attached hydrogens (tertiary/aromatic N) is 2. The molecule has 1 fully saturated rings. The minimum absolute atomic E-state index is 0.0114. The van der Waals surface area contributed by atoms with E-state index in [0.717, 1.165) is 30.3 Å². The van der Waals surface area contributed by atoms with Gasteiger partial charge in [0.2, 0.25) is 0 Å². The number of carbonyl (C=O) groups is 2. The fourth-order valence-corrected chi connectivity index (χ4v) is 3.09. The van der Waals surface area contributed by atoms with Crippen LogP contribution in [0.2, 0.25) is 0 Å². The molecular formula is C17H18N2O2. The molecule has 0 aliphatic carbocycles. The zero-order chi connectivity index (χ0) is 14.8. The molecule has 21 heavy (non-hydrogen) atoms. The van der Waals surface area contributed by atoms with Gasteiger partial charge in [-0.25, -0.2) is 0 Å². The number of Topliss-reactive ketones (excluding diaryl/α,β-unsaturated/α-hetero) is 1. The van der Waals surface area contributed by atoms with Crippen LogP contribution in [0.1, 0.15) is 36.5 Å². The number of ketones is 1. The number of pyridine rings is 1. The second kappa shape index (κ2) is 5.64. The van der Waals surface area contributed by atoms with Gasteiger partial charge in [0.1, 0.15) is 5.78 Å². The predicted molar refractivity (Wildman–Crippen MR) is 81.1 cm³/mol. The van der Waals surface area contributed by atoms with Gasteiger partial charge < -0.3 is 4.90 Å². The van der Waals surface area contributed by atoms with Crippen molar-refractivity contribution < 1.29 is 9.59 Å². The molecule has 4 heteroatoms. The van der Waals surface area contributed by atoms with Crippen LogP contribution >= 0.6 is 0 Å². The zero-order valence-electron chi connectivity index (χ0n) is 12.1. The first-order valence-electron chi connectivity index (χ1n) is 7.31. The zero-order valence-corrected chi connectivity index (χ0v) is 12.1. The number of carbonyl (C=O) groups excluding carboxylic acids is 2. The van der Waals surface area contributed by atoms with Crippen molar-refractivity contribution in [2.24, 2.45) is 0 Å². The van der Waals surface area contributed by atoms with E-state index < -0.39 is 0 Å². The van der Waals surface area contributed by atoms with E-state index in [-0.39, 0.29) is 17.7 Å². The molecule has 1 saturated heterocycles. The molecule has 108 valence electrons. The summed E-state index contributed by atoms with van der Waals surface area (Å²) in [5, 5.41) is 0.874. The van der Waals surface area contributed by atoms with Gasteiger partial charge in [0.25, 0.3) is 5.91 Å². The van der Waals surface area contributed by atoms with Crippen LogP contribution in [-0.4, -0.2) is 34.2 Å². The average molecular weight is 282 g/mol. The third-order valence-electron chi connectivity index (χ3n) is 4.04. The van der Waals surface area contributed by atoms with E-state index in [9.17, 15) is 9.59 Å². The van der Waals surface area contributed by atoms with E-state index in [1.807, 2.05) is 35.2 Å². The van der Waals surface area contributed by atoms with Crippen molar-refractivity contribution in [2.45, 2.75) is 32.2 Å². The van der Waals surface area contributed by atoms with E-state index >= 15 is 0 Å². The van der Waals surface area contributed by atoms with Crippen LogP contribution in [0, 0.1) is 0 Å². The van der Waals surface area contributed by atoms with Gasteiger partial charge in [-0.3, -0.25) is 14.6 Å². The quantitative estimate of drug-likeness (QED) is 0.869. The number of fused-ring (bicyclic) bond motifs is 1. The highest BCUT2D eigenvalue weighted by Gasteiger charge is 2.30. The minimum atomic E-state index is 0.0114. The fraction of sp³-hybridized carbons (Fsp3) is 0.353. The van der Waals surface area contributed by atoms with Gasteiger partial charge >= 0.3 is 0 Å². The molecule has 1 unspecified atom stereocenters. The summed E-state index contributed by atoms with van der Waals surface area (Å²) >= 11 is 0. The summed E-state index contributed by atoms with van der Waals surface area (Å²) in [4.78, 5) is 30.4. The first-order chi connectivity index (χ1) is 10.2. The molecule has 2 heterocycles. The molecule has 3 rings (SSSR count). The highest BCUT2D eigenvalue weighted by Crippen LogP contribution is 2.25. The third kappa shape index (κ3) is 2.66. The molecule has 0 radical (unpaired) electrons. The van der Waals surface area contributed by atoms with Crippen molar-refractivity contribution in [3.8, 4) is 0 Å². The van der Waals surface area contributed by atoms with Gasteiger partial charge in [-0.2, -0.15) is 0 Å². The van der Waals surface area contributed by atoms with Crippen molar-refractivity contribution in [1.82, 2.24) is 9.88 Å². The first-order valence-corrected chi connectivity index (χ1v) is 7.31. The summed E-state index contributed by atoms with van der Waals surface area (Å²) in [6.07, 6.45) is 4.06. The maximum absolute atomic E-state index is 12.8. The first kappa shape index (κ1) is 13.7. The highest BCUT2D eigenvalue weighted by atomic mass is 16.2. The van der Waals surface area contributed by atoms with Gasteiger partial charge in [0.15, 0.2) is 0 Å². The number of rotatable bonds is 3. The van der Waals surface area contributed by atoms with E-state index in [1.54, 1.807) is 13.1 Å². The Kier molecular flexibility index (Phi) is 3.69. The lowest BCUT2D eigenvalue weighted by molar-refractivity contribution is -0.117. The Balaban J connectivity index is 1.95. The Morgan fingerprint density at radius 2 is 2.14 bits per heavy atom. The van der Waals surface area contributed by atoms with Crippen molar-refractivity contribution in [1.29, 1.82) is 0 Å². The lowest BCUT2D eigenvalue weighted by atomic mass is 10.1. The predicted octanol–water partition coefficient (Wildman–Crippen LogP) is 2.82. The van der Waals surface area contributed by atoms with Crippen molar-refractivity contribution >= 4 is 22.6 Å². The van der Waals surface area contributed by atoms with Gasteiger partial charge in [-0.05, 0) is 38.0 Å². The molecule has 1 aliphatic heterocycles. The molecule has 1 aromatic heterocycles. The molecule has 2 aromatic rings. The van der Waals surface area contributed by atoms with Gasteiger partial charge in [0, 0.05) is 36.2 Å². The van der Waals surface area contributed by atoms with Crippen LogP contribution in [0.15, 0.2) is 36.5 Å². The van der Waals surface area contributed by atoms with Gasteiger partial charge in [-0.1, -0.05) is 12.1 Å². The molecule has 1 aromatic carbocycles. The van der Waals surface area contributed by atoms with Crippen LogP contribution in [-0.2, 0) is 4.79 Å². The Morgan fingerprint density at radius 3 is 2.95 bits per heavy atom. The number of benzene rings is 1. The summed E-state index contributed by atoms with van der Waals surface area (Å²) < 4.78 is 0. The molecule has 1 aliphatic rings. The average Bonchev–Trinajstić information content (AvgIpc) is 2.93. The SMILES string of the molecule is CC(=O)CC1CCCN1C(=O)c1cccc2ncccc12. The second-order valence-corrected chi connectivity index (χ2v) is 5.58. The molecule has 0 saturated carbocycles. The number of hydrogen-bond acceptors (Lipinski definition) is 3. The summed E-state index contributed by atoms with van der Waals surface area (Å²) in [5.41, 5.74) is 1.50. The fourth-order valence-electron chi connectivity index (χ4n) is 3.09. The molecule has 0 spiro atoms. The Bertz CT molecular complexity index is 691. The number of likely N-dealkylation sites (tertiary alicyclic amines) is 1. The topological polar surface area (TPSA) is 50.3 Å². The summed E-state index contributed by atoms with van der Waals surface area (Å²) in [6.45, 7) is 2.32. The third-order valence-corrected chi connectivity index (χ3v) is 4.04. The van der Waals surface area contributed by atoms with Crippen LogP contribution in [0.5, 0.6) is 0 Å². The largest absolute Gasteiger partial charge is 0.335 e. The van der Waals surface area contributed by atoms with Crippen molar-refractivity contribution in [3.63, 3.8) is 0 Å². The Hall–Kier alpha value is -2.23. The van der Waals surface area contributed by atoms with E-state index in [1.165, 1.54) is 0 Å². The van der Waals surface area contributed by atoms with Crippen molar-refractivity contribution in [3.05, 3.63) is 42.1 Å². The van der Waals surface area contributed by atoms with Crippen LogP contribution in [0.25, 0.3) is 10.9 Å². The van der Waals surface area contributed by atoms with Gasteiger partial charge in [0.05, 0.1) is 5.52 Å². The normalized spacial score (nSPS) is 18.1. The molecular weight excluding hydrogens is 264 g/mol. The van der Waals surface area contributed by atoms with Crippen molar-refractivity contribution in [2.75, 3.05) is 6.54 Å². The van der Waals surface area contributed by atoms with Crippen LogP contribution in [0.4, 0.5) is 0 Å². The molecule has 1 atom stereocenters. The van der Waals surface area contributed by atoms with E-state index in [0.29, 0.717) is 12.0 Å². The molecule has 1 amide bonds. The Labute approximate surface area is 123 Å². The van der Waals surface area contributed by atoms with E-state index in [2.05, 4.69) is 4.98 Å². The number of hydrogen-bond donors (Lipinski definition) is 0. The Morgan fingerprint density at radius 1 is 1.29 bits per heavy atom. The smallest absolute Gasteiger partial charge is 0.254 e. The standard InChI is InChI=1S/C17H18N2O2/c1-12(20)11-13-5-4-10-19(13)17(21)15-6-2-8-16-14(15)7-3-9-18-16/h2-3,6-9,13H,4-5,10-11H2,1H3. The maximum atomic E-state index is 12.8. The van der Waals surface area contributed by atoms with E-state index in [4.69, 9.17) is 0 Å². The lowest BCUT2D eigenvalue weighted by Crippen LogP contribution is -2.36. The van der Waals surface area contributed by atoms with Gasteiger partial charge in [-0.15, -0.1) is 0 Å². The number of amides is 1. The summed E-state index contributed by atoms with van der Waals surface area (Å²) in [6, 6.07) is 9.42. The van der Waals surface area contributed by atoms with Crippen LogP contribution in [0.3, 0.4) is 0 Å². The minimum Gasteiger partial charge on any atom is -0.335 e. The van der Waals surface area contributed by atoms with Crippen LogP contribution < -0.4 is 0 Å². The molecule has 0 bridgehead atoms. The molecule has 4 nitrogen and oxygen atoms in total.